The number of amides is 1. The number of allylic oxidation sites excluding steroid dienone is 1. The van der Waals surface area contributed by atoms with E-state index in [1.54, 1.807) is 78.9 Å². The van der Waals surface area contributed by atoms with E-state index in [1.807, 2.05) is 18.2 Å². The summed E-state index contributed by atoms with van der Waals surface area (Å²) in [6.07, 6.45) is 3.68. The summed E-state index contributed by atoms with van der Waals surface area (Å²) < 4.78 is 16.7. The SMILES string of the molecule is C=CCc1ccccc1OCC(=O)N/N=C/c1ccc(OC(=O)c2ccccc2)cc1OC(=O)c1ccccc1. The van der Waals surface area contributed by atoms with Gasteiger partial charge < -0.3 is 14.2 Å². The first-order chi connectivity index (χ1) is 19.5. The number of hydrogen-bond acceptors (Lipinski definition) is 7. The van der Waals surface area contributed by atoms with Crippen molar-refractivity contribution in [3.63, 3.8) is 0 Å². The van der Waals surface area contributed by atoms with Crippen molar-refractivity contribution in [2.45, 2.75) is 6.42 Å². The molecule has 0 aliphatic carbocycles. The first-order valence-electron chi connectivity index (χ1n) is 12.4. The zero-order valence-electron chi connectivity index (χ0n) is 21.5. The van der Waals surface area contributed by atoms with Crippen LogP contribution in [0.4, 0.5) is 0 Å². The Bertz CT molecular complexity index is 1520. The van der Waals surface area contributed by atoms with Gasteiger partial charge in [-0.05, 0) is 54.4 Å². The van der Waals surface area contributed by atoms with Crippen LogP contribution in [0, 0.1) is 0 Å². The van der Waals surface area contributed by atoms with Gasteiger partial charge in [0.1, 0.15) is 17.2 Å². The van der Waals surface area contributed by atoms with Crippen LogP contribution in [0.1, 0.15) is 31.8 Å². The minimum Gasteiger partial charge on any atom is -0.483 e. The molecule has 200 valence electrons. The molecule has 4 aromatic rings. The van der Waals surface area contributed by atoms with Crippen LogP contribution in [-0.4, -0.2) is 30.7 Å². The fraction of sp³-hybridized carbons (Fsp3) is 0.0625. The Morgan fingerprint density at radius 1 is 0.750 bits per heavy atom. The van der Waals surface area contributed by atoms with E-state index in [-0.39, 0.29) is 18.1 Å². The minimum atomic E-state index is -0.614. The highest BCUT2D eigenvalue weighted by molar-refractivity contribution is 5.94. The van der Waals surface area contributed by atoms with Crippen LogP contribution in [0.5, 0.6) is 17.2 Å². The average molecular weight is 535 g/mol. The van der Waals surface area contributed by atoms with Crippen molar-refractivity contribution in [1.82, 2.24) is 5.43 Å². The molecule has 0 saturated heterocycles. The summed E-state index contributed by atoms with van der Waals surface area (Å²) in [7, 11) is 0. The van der Waals surface area contributed by atoms with E-state index < -0.39 is 17.8 Å². The Kier molecular flexibility index (Phi) is 9.55. The van der Waals surface area contributed by atoms with Gasteiger partial charge in [-0.3, -0.25) is 4.79 Å². The van der Waals surface area contributed by atoms with Crippen molar-refractivity contribution in [2.24, 2.45) is 5.10 Å². The van der Waals surface area contributed by atoms with Crippen molar-refractivity contribution in [2.75, 3.05) is 6.61 Å². The van der Waals surface area contributed by atoms with Gasteiger partial charge in [0.2, 0.25) is 0 Å². The number of carbonyl (C=O) groups is 3. The van der Waals surface area contributed by atoms with Crippen LogP contribution in [0.2, 0.25) is 0 Å². The molecule has 0 saturated carbocycles. The highest BCUT2D eigenvalue weighted by Crippen LogP contribution is 2.26. The van der Waals surface area contributed by atoms with Gasteiger partial charge in [0.15, 0.2) is 6.61 Å². The smallest absolute Gasteiger partial charge is 0.343 e. The zero-order chi connectivity index (χ0) is 28.2. The number of esters is 2. The van der Waals surface area contributed by atoms with Crippen LogP contribution in [-0.2, 0) is 11.2 Å². The lowest BCUT2D eigenvalue weighted by Gasteiger charge is -2.11. The van der Waals surface area contributed by atoms with Gasteiger partial charge in [-0.2, -0.15) is 5.10 Å². The average Bonchev–Trinajstić information content (AvgIpc) is 2.99. The van der Waals surface area contributed by atoms with E-state index in [0.717, 1.165) is 5.56 Å². The first-order valence-corrected chi connectivity index (χ1v) is 12.4. The molecule has 0 unspecified atom stereocenters. The summed E-state index contributed by atoms with van der Waals surface area (Å²) in [6, 6.07) is 28.8. The Hall–Kier alpha value is -5.50. The monoisotopic (exact) mass is 534 g/mol. The highest BCUT2D eigenvalue weighted by atomic mass is 16.5. The molecule has 4 aromatic carbocycles. The molecule has 0 aliphatic rings. The Morgan fingerprint density at radius 3 is 2.05 bits per heavy atom. The van der Waals surface area contributed by atoms with E-state index in [9.17, 15) is 14.4 Å². The largest absolute Gasteiger partial charge is 0.483 e. The van der Waals surface area contributed by atoms with Crippen LogP contribution in [0.15, 0.2) is 121 Å². The molecular weight excluding hydrogens is 508 g/mol. The van der Waals surface area contributed by atoms with Crippen molar-refractivity contribution in [3.05, 3.63) is 138 Å². The highest BCUT2D eigenvalue weighted by Gasteiger charge is 2.15. The second-order valence-corrected chi connectivity index (χ2v) is 8.39. The molecule has 0 spiro atoms. The normalized spacial score (nSPS) is 10.5. The predicted octanol–water partition coefficient (Wildman–Crippen LogP) is 5.38. The summed E-state index contributed by atoms with van der Waals surface area (Å²) in [5.41, 5.74) is 4.37. The maximum atomic E-state index is 12.7. The summed E-state index contributed by atoms with van der Waals surface area (Å²) in [4.78, 5) is 37.6. The minimum absolute atomic E-state index is 0.0832. The second-order valence-electron chi connectivity index (χ2n) is 8.39. The number of para-hydroxylation sites is 1. The third-order valence-electron chi connectivity index (χ3n) is 5.51. The van der Waals surface area contributed by atoms with Gasteiger partial charge in [-0.15, -0.1) is 6.58 Å². The molecule has 1 amide bonds. The summed E-state index contributed by atoms with van der Waals surface area (Å²) >= 11 is 0. The van der Waals surface area contributed by atoms with Gasteiger partial charge in [0, 0.05) is 11.6 Å². The fourth-order valence-corrected chi connectivity index (χ4v) is 3.56. The van der Waals surface area contributed by atoms with Crippen LogP contribution in [0.25, 0.3) is 0 Å². The molecule has 0 fully saturated rings. The van der Waals surface area contributed by atoms with Crippen molar-refractivity contribution < 1.29 is 28.6 Å². The van der Waals surface area contributed by atoms with Crippen molar-refractivity contribution in [3.8, 4) is 17.2 Å². The number of rotatable bonds is 11. The zero-order valence-corrected chi connectivity index (χ0v) is 21.5. The molecular formula is C32H26N2O6. The number of hydrazone groups is 1. The van der Waals surface area contributed by atoms with E-state index in [4.69, 9.17) is 14.2 Å². The van der Waals surface area contributed by atoms with Gasteiger partial charge in [0.05, 0.1) is 17.3 Å². The molecule has 0 aliphatic heterocycles. The molecule has 0 atom stereocenters. The fourth-order valence-electron chi connectivity index (χ4n) is 3.56. The topological polar surface area (TPSA) is 103 Å². The lowest BCUT2D eigenvalue weighted by atomic mass is 10.1. The molecule has 0 radical (unpaired) electrons. The molecule has 0 aromatic heterocycles. The van der Waals surface area contributed by atoms with E-state index in [2.05, 4.69) is 17.1 Å². The Balaban J connectivity index is 1.46. The Labute approximate surface area is 231 Å². The number of nitrogens with one attached hydrogen (secondary N) is 1. The van der Waals surface area contributed by atoms with Crippen LogP contribution in [0.3, 0.4) is 0 Å². The molecule has 0 heterocycles. The third kappa shape index (κ3) is 7.75. The van der Waals surface area contributed by atoms with E-state index in [0.29, 0.717) is 28.9 Å². The lowest BCUT2D eigenvalue weighted by Crippen LogP contribution is -2.24. The summed E-state index contributed by atoms with van der Waals surface area (Å²) in [5, 5.41) is 3.97. The number of benzene rings is 4. The standard InChI is InChI=1S/C32H26N2O6/c1-2-11-23-12-9-10-17-28(23)38-22-30(35)34-33-21-26-18-19-27(39-31(36)24-13-5-3-6-14-24)20-29(26)40-32(37)25-15-7-4-8-16-25/h2-10,12-21H,1,11,22H2,(H,34,35)/b33-21+. The molecule has 8 heteroatoms. The lowest BCUT2D eigenvalue weighted by molar-refractivity contribution is -0.123. The quantitative estimate of drug-likeness (QED) is 0.0911. The number of nitrogens with zero attached hydrogens (tertiary/aromatic N) is 1. The van der Waals surface area contributed by atoms with Gasteiger partial charge in [-0.1, -0.05) is 60.7 Å². The van der Waals surface area contributed by atoms with Gasteiger partial charge in [0.25, 0.3) is 5.91 Å². The Morgan fingerprint density at radius 2 is 1.38 bits per heavy atom. The number of ether oxygens (including phenoxy) is 3. The van der Waals surface area contributed by atoms with Gasteiger partial charge in [-0.25, -0.2) is 15.0 Å². The molecule has 1 N–H and O–H groups in total. The second kappa shape index (κ2) is 13.9. The molecule has 4 rings (SSSR count). The van der Waals surface area contributed by atoms with Gasteiger partial charge >= 0.3 is 11.9 Å². The maximum Gasteiger partial charge on any atom is 0.343 e. The molecule has 40 heavy (non-hydrogen) atoms. The van der Waals surface area contributed by atoms with E-state index in [1.165, 1.54) is 18.3 Å². The summed E-state index contributed by atoms with van der Waals surface area (Å²) in [6.45, 7) is 3.47. The van der Waals surface area contributed by atoms with Crippen LogP contribution < -0.4 is 19.6 Å². The maximum absolute atomic E-state index is 12.7. The molecule has 0 bridgehead atoms. The number of hydrogen-bond donors (Lipinski definition) is 1. The summed E-state index contributed by atoms with van der Waals surface area (Å²) in [5.74, 6) is -0.836. The third-order valence-corrected chi connectivity index (χ3v) is 5.51. The van der Waals surface area contributed by atoms with Crippen LogP contribution >= 0.6 is 0 Å². The number of carbonyl (C=O) groups excluding carboxylic acids is 3. The van der Waals surface area contributed by atoms with Crippen molar-refractivity contribution >= 4 is 24.1 Å². The predicted molar refractivity (Wildman–Crippen MR) is 151 cm³/mol. The van der Waals surface area contributed by atoms with Crippen molar-refractivity contribution in [1.29, 1.82) is 0 Å². The molecule has 8 nitrogen and oxygen atoms in total. The first kappa shape index (κ1) is 27.5. The van der Waals surface area contributed by atoms with E-state index >= 15 is 0 Å².